The average Bonchev–Trinajstić information content (AvgIpc) is 3.21. The minimum Gasteiger partial charge on any atom is -0.493 e. The summed E-state index contributed by atoms with van der Waals surface area (Å²) in [7, 11) is -3.75. The number of fused-ring (bicyclic) bond motifs is 1. The number of aromatic nitrogens is 2. The summed E-state index contributed by atoms with van der Waals surface area (Å²) in [5.41, 5.74) is -0.321. The second-order valence-corrected chi connectivity index (χ2v) is 10.8. The van der Waals surface area contributed by atoms with Gasteiger partial charge in [0.15, 0.2) is 0 Å². The van der Waals surface area contributed by atoms with Crippen molar-refractivity contribution >= 4 is 21.5 Å². The van der Waals surface area contributed by atoms with Crippen molar-refractivity contribution in [3.63, 3.8) is 0 Å². The molecule has 4 rings (SSSR count). The highest BCUT2D eigenvalue weighted by molar-refractivity contribution is 7.89. The molecule has 2 atom stereocenters. The molecule has 0 spiro atoms. The standard InChI is InChI=1S/C23H33N5O6S/c1-4-10-34-18-7-6-16(35(31,32)27-8-11-33-12-9-27)13-17(18)20-24-19-21(25-23(30)26-22(19)29)28(20)14-15(3)5-2/h6-7,13,15,20,24H,4-5,8-12,14H2,1-3H3,(H2,25,26,29,30). The molecule has 1 aromatic carbocycles. The van der Waals surface area contributed by atoms with Crippen molar-refractivity contribution in [3.05, 3.63) is 44.6 Å². The van der Waals surface area contributed by atoms with E-state index in [1.165, 1.54) is 4.31 Å². The van der Waals surface area contributed by atoms with Gasteiger partial charge in [0, 0.05) is 25.2 Å². The van der Waals surface area contributed by atoms with E-state index in [1.807, 2.05) is 11.8 Å². The number of morpholine rings is 1. The third-order valence-corrected chi connectivity index (χ3v) is 8.25. The Labute approximate surface area is 204 Å². The summed E-state index contributed by atoms with van der Waals surface area (Å²) in [5, 5.41) is 3.20. The number of ether oxygens (including phenoxy) is 2. The number of anilines is 2. The maximum absolute atomic E-state index is 13.4. The Morgan fingerprint density at radius 2 is 1.91 bits per heavy atom. The van der Waals surface area contributed by atoms with Crippen molar-refractivity contribution in [3.8, 4) is 5.75 Å². The van der Waals surface area contributed by atoms with Gasteiger partial charge in [0.1, 0.15) is 23.4 Å². The van der Waals surface area contributed by atoms with E-state index in [4.69, 9.17) is 9.47 Å². The summed E-state index contributed by atoms with van der Waals surface area (Å²) >= 11 is 0. The predicted molar refractivity (Wildman–Crippen MR) is 133 cm³/mol. The number of aromatic amines is 2. The van der Waals surface area contributed by atoms with Crippen LogP contribution in [0.1, 0.15) is 45.3 Å². The van der Waals surface area contributed by atoms with Crippen LogP contribution in [-0.4, -0.2) is 62.1 Å². The smallest absolute Gasteiger partial charge is 0.327 e. The zero-order chi connectivity index (χ0) is 25.2. The molecule has 2 aliphatic rings. The molecule has 11 nitrogen and oxygen atoms in total. The maximum atomic E-state index is 13.4. The predicted octanol–water partition coefficient (Wildman–Crippen LogP) is 1.85. The number of sulfonamides is 1. The summed E-state index contributed by atoms with van der Waals surface area (Å²) in [5.74, 6) is 1.14. The second-order valence-electron chi connectivity index (χ2n) is 8.91. The molecule has 3 N–H and O–H groups in total. The third-order valence-electron chi connectivity index (χ3n) is 6.35. The highest BCUT2D eigenvalue weighted by Gasteiger charge is 2.37. The van der Waals surface area contributed by atoms with Gasteiger partial charge < -0.3 is 19.7 Å². The lowest BCUT2D eigenvalue weighted by Crippen LogP contribution is -2.40. The van der Waals surface area contributed by atoms with Gasteiger partial charge in [0.2, 0.25) is 10.0 Å². The highest BCUT2D eigenvalue weighted by atomic mass is 32.2. The van der Waals surface area contributed by atoms with Crippen LogP contribution in [0.5, 0.6) is 5.75 Å². The van der Waals surface area contributed by atoms with Crippen molar-refractivity contribution in [1.29, 1.82) is 0 Å². The van der Waals surface area contributed by atoms with Gasteiger partial charge in [-0.15, -0.1) is 0 Å². The lowest BCUT2D eigenvalue weighted by Gasteiger charge is -2.31. The molecule has 35 heavy (non-hydrogen) atoms. The molecular formula is C23H33N5O6S. The van der Waals surface area contributed by atoms with Crippen LogP contribution in [-0.2, 0) is 14.8 Å². The van der Waals surface area contributed by atoms with Gasteiger partial charge in [-0.3, -0.25) is 14.8 Å². The van der Waals surface area contributed by atoms with Crippen molar-refractivity contribution in [1.82, 2.24) is 14.3 Å². The molecule has 0 amide bonds. The van der Waals surface area contributed by atoms with E-state index in [2.05, 4.69) is 29.1 Å². The van der Waals surface area contributed by atoms with Gasteiger partial charge in [-0.2, -0.15) is 4.31 Å². The number of H-pyrrole nitrogens is 2. The lowest BCUT2D eigenvalue weighted by atomic mass is 10.1. The monoisotopic (exact) mass is 507 g/mol. The number of benzene rings is 1. The van der Waals surface area contributed by atoms with E-state index in [1.54, 1.807) is 18.2 Å². The Kier molecular flexibility index (Phi) is 7.53. The minimum absolute atomic E-state index is 0.141. The molecule has 2 aromatic rings. The number of hydrogen-bond acceptors (Lipinski definition) is 8. The van der Waals surface area contributed by atoms with E-state index in [0.29, 0.717) is 43.5 Å². The van der Waals surface area contributed by atoms with Crippen LogP contribution < -0.4 is 26.2 Å². The Hall–Kier alpha value is -2.83. The molecule has 0 saturated carbocycles. The van der Waals surface area contributed by atoms with E-state index >= 15 is 0 Å². The van der Waals surface area contributed by atoms with Crippen molar-refractivity contribution in [2.75, 3.05) is 49.7 Å². The first kappa shape index (κ1) is 25.3. The second kappa shape index (κ2) is 10.4. The van der Waals surface area contributed by atoms with Gasteiger partial charge >= 0.3 is 5.69 Å². The van der Waals surface area contributed by atoms with Crippen LogP contribution in [0.3, 0.4) is 0 Å². The summed E-state index contributed by atoms with van der Waals surface area (Å²) in [6.07, 6.45) is 1.05. The van der Waals surface area contributed by atoms with Gasteiger partial charge in [0.05, 0.1) is 24.7 Å². The van der Waals surface area contributed by atoms with Crippen LogP contribution in [0.15, 0.2) is 32.7 Å². The molecule has 2 unspecified atom stereocenters. The number of rotatable bonds is 9. The fraction of sp³-hybridized carbons (Fsp3) is 0.565. The van der Waals surface area contributed by atoms with Crippen LogP contribution in [0.2, 0.25) is 0 Å². The molecule has 3 heterocycles. The molecule has 0 bridgehead atoms. The van der Waals surface area contributed by atoms with Gasteiger partial charge in [-0.05, 0) is 30.5 Å². The fourth-order valence-corrected chi connectivity index (χ4v) is 5.70. The Bertz CT molecular complexity index is 1270. The van der Waals surface area contributed by atoms with Crippen molar-refractivity contribution < 1.29 is 17.9 Å². The van der Waals surface area contributed by atoms with Crippen molar-refractivity contribution in [2.45, 2.75) is 44.7 Å². The SMILES string of the molecule is CCCOc1ccc(S(=O)(=O)N2CCOCC2)cc1C1Nc2c([nH]c(=O)[nH]c2=O)N1CC(C)CC. The first-order valence-electron chi connectivity index (χ1n) is 12.0. The molecule has 1 fully saturated rings. The molecule has 0 aliphatic carbocycles. The van der Waals surface area contributed by atoms with Gasteiger partial charge in [-0.25, -0.2) is 13.2 Å². The maximum Gasteiger partial charge on any atom is 0.327 e. The Morgan fingerprint density at radius 3 is 2.60 bits per heavy atom. The zero-order valence-electron chi connectivity index (χ0n) is 20.3. The lowest BCUT2D eigenvalue weighted by molar-refractivity contribution is 0.0730. The summed E-state index contributed by atoms with van der Waals surface area (Å²) < 4.78 is 39.5. The van der Waals surface area contributed by atoms with Crippen molar-refractivity contribution in [2.24, 2.45) is 5.92 Å². The Balaban J connectivity index is 1.82. The number of nitrogens with zero attached hydrogens (tertiary/aromatic N) is 2. The number of nitrogens with one attached hydrogen (secondary N) is 3. The van der Waals surface area contributed by atoms with E-state index in [-0.39, 0.29) is 29.6 Å². The molecule has 12 heteroatoms. The molecule has 1 aromatic heterocycles. The molecule has 2 aliphatic heterocycles. The highest BCUT2D eigenvalue weighted by Crippen LogP contribution is 2.41. The molecular weight excluding hydrogens is 474 g/mol. The first-order valence-corrected chi connectivity index (χ1v) is 13.4. The van der Waals surface area contributed by atoms with E-state index < -0.39 is 27.4 Å². The van der Waals surface area contributed by atoms with Gasteiger partial charge in [-0.1, -0.05) is 27.2 Å². The summed E-state index contributed by atoms with van der Waals surface area (Å²) in [6, 6.07) is 4.82. The first-order chi connectivity index (χ1) is 16.8. The van der Waals surface area contributed by atoms with E-state index in [0.717, 1.165) is 12.8 Å². The molecule has 1 saturated heterocycles. The quantitative estimate of drug-likeness (QED) is 0.468. The summed E-state index contributed by atoms with van der Waals surface area (Å²) in [4.78, 5) is 31.7. The average molecular weight is 508 g/mol. The minimum atomic E-state index is -3.75. The third kappa shape index (κ3) is 5.09. The molecule has 192 valence electrons. The van der Waals surface area contributed by atoms with Crippen LogP contribution in [0, 0.1) is 5.92 Å². The van der Waals surface area contributed by atoms with Crippen LogP contribution in [0.4, 0.5) is 11.5 Å². The topological polar surface area (TPSA) is 137 Å². The molecule has 0 radical (unpaired) electrons. The summed E-state index contributed by atoms with van der Waals surface area (Å²) in [6.45, 7) is 8.39. The van der Waals surface area contributed by atoms with Crippen LogP contribution >= 0.6 is 0 Å². The zero-order valence-corrected chi connectivity index (χ0v) is 21.1. The fourth-order valence-electron chi connectivity index (χ4n) is 4.25. The van der Waals surface area contributed by atoms with Gasteiger partial charge in [0.25, 0.3) is 5.56 Å². The number of hydrogen-bond donors (Lipinski definition) is 3. The largest absolute Gasteiger partial charge is 0.493 e. The Morgan fingerprint density at radius 1 is 1.17 bits per heavy atom. The van der Waals surface area contributed by atoms with E-state index in [9.17, 15) is 18.0 Å². The van der Waals surface area contributed by atoms with Crippen LogP contribution in [0.25, 0.3) is 0 Å². The normalized spacial score (nSPS) is 19.3.